The van der Waals surface area contributed by atoms with E-state index in [0.717, 1.165) is 25.1 Å². The lowest BCUT2D eigenvalue weighted by atomic mass is 9.61. The van der Waals surface area contributed by atoms with Gasteiger partial charge in [-0.3, -0.25) is 0 Å². The first-order valence-electron chi connectivity index (χ1n) is 6.97. The summed E-state index contributed by atoms with van der Waals surface area (Å²) in [6.07, 6.45) is 2.57. The molecule has 1 fully saturated rings. The van der Waals surface area contributed by atoms with Crippen LogP contribution in [0.3, 0.4) is 0 Å². The van der Waals surface area contributed by atoms with Crippen molar-refractivity contribution < 1.29 is 4.74 Å². The highest BCUT2D eigenvalue weighted by Crippen LogP contribution is 2.47. The summed E-state index contributed by atoms with van der Waals surface area (Å²) in [6.45, 7) is 7.82. The van der Waals surface area contributed by atoms with Crippen molar-refractivity contribution in [2.75, 3.05) is 6.54 Å². The summed E-state index contributed by atoms with van der Waals surface area (Å²) in [7, 11) is 0. The first kappa shape index (κ1) is 17.5. The molecule has 1 aliphatic carbocycles. The topological polar surface area (TPSA) is 21.3 Å². The summed E-state index contributed by atoms with van der Waals surface area (Å²) in [5, 5.41) is 3.59. The normalized spacial score (nSPS) is 29.1. The van der Waals surface area contributed by atoms with Gasteiger partial charge >= 0.3 is 0 Å². The van der Waals surface area contributed by atoms with Crippen molar-refractivity contribution >= 4 is 67.8 Å². The minimum atomic E-state index is 0.241. The number of hydrogen-bond acceptors (Lipinski definition) is 2. The van der Waals surface area contributed by atoms with E-state index in [9.17, 15) is 0 Å². The monoisotopic (exact) mass is 611 g/mol. The van der Waals surface area contributed by atoms with Crippen molar-refractivity contribution in [2.24, 2.45) is 5.41 Å². The SMILES string of the molecule is CCNC1CC(Oc2c(I)cc(I)cc2I)C1(C)CC. The van der Waals surface area contributed by atoms with E-state index in [2.05, 4.69) is 106 Å². The quantitative estimate of drug-likeness (QED) is 0.472. The van der Waals surface area contributed by atoms with Crippen LogP contribution >= 0.6 is 67.8 Å². The lowest BCUT2D eigenvalue weighted by Gasteiger charge is -2.53. The zero-order chi connectivity index (χ0) is 14.9. The number of benzene rings is 1. The van der Waals surface area contributed by atoms with Gasteiger partial charge in [0.05, 0.1) is 7.14 Å². The first-order valence-corrected chi connectivity index (χ1v) is 10.2. The summed E-state index contributed by atoms with van der Waals surface area (Å²) >= 11 is 7.12. The molecular weight excluding hydrogens is 591 g/mol. The standard InChI is InChI=1S/C15H20I3NO/c1-4-15(3)12(19-5-2)8-13(15)20-14-10(17)6-9(16)7-11(14)18/h6-7,12-13,19H,4-5,8H2,1-3H3. The third kappa shape index (κ3) is 3.40. The van der Waals surface area contributed by atoms with Gasteiger partial charge in [0.1, 0.15) is 11.9 Å². The molecule has 1 N–H and O–H groups in total. The van der Waals surface area contributed by atoms with Gasteiger partial charge < -0.3 is 10.1 Å². The summed E-state index contributed by atoms with van der Waals surface area (Å²) in [5.41, 5.74) is 0.241. The molecule has 112 valence electrons. The second kappa shape index (κ2) is 7.16. The second-order valence-electron chi connectivity index (χ2n) is 5.51. The lowest BCUT2D eigenvalue weighted by Crippen LogP contribution is -2.63. The van der Waals surface area contributed by atoms with Crippen LogP contribution in [0.1, 0.15) is 33.6 Å². The van der Waals surface area contributed by atoms with Crippen LogP contribution in [0.5, 0.6) is 5.75 Å². The van der Waals surface area contributed by atoms with Gasteiger partial charge in [-0.25, -0.2) is 0 Å². The molecule has 0 bridgehead atoms. The molecule has 1 aliphatic rings. The summed E-state index contributed by atoms with van der Waals surface area (Å²) in [5.74, 6) is 1.06. The average Bonchev–Trinajstić information content (AvgIpc) is 2.39. The van der Waals surface area contributed by atoms with E-state index in [1.54, 1.807) is 0 Å². The molecule has 1 aromatic rings. The molecular formula is C15H20I3NO. The Labute approximate surface area is 162 Å². The molecule has 2 nitrogen and oxygen atoms in total. The molecule has 5 heteroatoms. The molecule has 1 aromatic carbocycles. The van der Waals surface area contributed by atoms with Gasteiger partial charge in [0, 0.05) is 21.4 Å². The second-order valence-corrected chi connectivity index (χ2v) is 9.08. The number of ether oxygens (including phenoxy) is 1. The summed E-state index contributed by atoms with van der Waals surface area (Å²) in [4.78, 5) is 0. The van der Waals surface area contributed by atoms with E-state index < -0.39 is 0 Å². The predicted molar refractivity (Wildman–Crippen MR) is 109 cm³/mol. The Kier molecular flexibility index (Phi) is 6.28. The highest BCUT2D eigenvalue weighted by Gasteiger charge is 2.51. The van der Waals surface area contributed by atoms with Crippen LogP contribution in [0.2, 0.25) is 0 Å². The maximum atomic E-state index is 6.39. The summed E-state index contributed by atoms with van der Waals surface area (Å²) < 4.78 is 10.1. The van der Waals surface area contributed by atoms with E-state index in [1.165, 1.54) is 10.7 Å². The van der Waals surface area contributed by atoms with Crippen molar-refractivity contribution in [1.29, 1.82) is 0 Å². The van der Waals surface area contributed by atoms with E-state index in [-0.39, 0.29) is 5.41 Å². The minimum absolute atomic E-state index is 0.241. The largest absolute Gasteiger partial charge is 0.488 e. The molecule has 2 rings (SSSR count). The zero-order valence-electron chi connectivity index (χ0n) is 12.0. The van der Waals surface area contributed by atoms with Gasteiger partial charge in [0.25, 0.3) is 0 Å². The van der Waals surface area contributed by atoms with Crippen molar-refractivity contribution in [1.82, 2.24) is 5.32 Å². The van der Waals surface area contributed by atoms with Crippen molar-refractivity contribution in [3.8, 4) is 5.75 Å². The van der Waals surface area contributed by atoms with Gasteiger partial charge in [0.15, 0.2) is 0 Å². The molecule has 0 spiro atoms. The third-order valence-corrected chi connectivity index (χ3v) is 6.64. The van der Waals surface area contributed by atoms with Crippen molar-refractivity contribution in [3.63, 3.8) is 0 Å². The summed E-state index contributed by atoms with van der Waals surface area (Å²) in [6, 6.07) is 4.95. The minimum Gasteiger partial charge on any atom is -0.488 e. The van der Waals surface area contributed by atoms with E-state index in [1.807, 2.05) is 0 Å². The fraction of sp³-hybridized carbons (Fsp3) is 0.600. The molecule has 0 radical (unpaired) electrons. The highest BCUT2D eigenvalue weighted by atomic mass is 127. The van der Waals surface area contributed by atoms with Gasteiger partial charge in [-0.15, -0.1) is 0 Å². The molecule has 1 saturated carbocycles. The molecule has 0 saturated heterocycles. The predicted octanol–water partition coefficient (Wildman–Crippen LogP) is 5.05. The van der Waals surface area contributed by atoms with Crippen LogP contribution in [0, 0.1) is 16.1 Å². The molecule has 3 unspecified atom stereocenters. The molecule has 3 atom stereocenters. The fourth-order valence-corrected chi connectivity index (χ4v) is 6.66. The first-order chi connectivity index (χ1) is 9.42. The van der Waals surface area contributed by atoms with Gasteiger partial charge in [-0.2, -0.15) is 0 Å². The smallest absolute Gasteiger partial charge is 0.146 e. The fourth-order valence-electron chi connectivity index (χ4n) is 2.82. The van der Waals surface area contributed by atoms with Crippen molar-refractivity contribution in [2.45, 2.75) is 45.8 Å². The van der Waals surface area contributed by atoms with E-state index in [0.29, 0.717) is 12.1 Å². The Morgan fingerprint density at radius 3 is 2.35 bits per heavy atom. The number of halogens is 3. The van der Waals surface area contributed by atoms with Crippen LogP contribution in [0.4, 0.5) is 0 Å². The Morgan fingerprint density at radius 1 is 1.25 bits per heavy atom. The van der Waals surface area contributed by atoms with Crippen LogP contribution in [-0.4, -0.2) is 18.7 Å². The number of rotatable bonds is 5. The highest BCUT2D eigenvalue weighted by molar-refractivity contribution is 14.1. The Bertz CT molecular complexity index is 471. The van der Waals surface area contributed by atoms with Crippen molar-refractivity contribution in [3.05, 3.63) is 22.8 Å². The maximum Gasteiger partial charge on any atom is 0.146 e. The van der Waals surface area contributed by atoms with E-state index >= 15 is 0 Å². The molecule has 20 heavy (non-hydrogen) atoms. The average molecular weight is 611 g/mol. The van der Waals surface area contributed by atoms with Crippen LogP contribution in [-0.2, 0) is 0 Å². The van der Waals surface area contributed by atoms with Crippen LogP contribution < -0.4 is 10.1 Å². The molecule has 0 aromatic heterocycles. The Hall–Kier alpha value is 1.17. The van der Waals surface area contributed by atoms with Gasteiger partial charge in [0.2, 0.25) is 0 Å². The Balaban J connectivity index is 2.16. The van der Waals surface area contributed by atoms with Crippen LogP contribution in [0.25, 0.3) is 0 Å². The maximum absolute atomic E-state index is 6.39. The molecule has 0 heterocycles. The van der Waals surface area contributed by atoms with E-state index in [4.69, 9.17) is 4.74 Å². The zero-order valence-corrected chi connectivity index (χ0v) is 18.4. The number of hydrogen-bond donors (Lipinski definition) is 1. The lowest BCUT2D eigenvalue weighted by molar-refractivity contribution is -0.0704. The van der Waals surface area contributed by atoms with Gasteiger partial charge in [-0.1, -0.05) is 20.8 Å². The van der Waals surface area contributed by atoms with Gasteiger partial charge in [-0.05, 0) is 92.9 Å². The molecule has 0 amide bonds. The number of nitrogens with one attached hydrogen (secondary N) is 1. The molecule has 0 aliphatic heterocycles. The third-order valence-electron chi connectivity index (χ3n) is 4.42. The van der Waals surface area contributed by atoms with Crippen LogP contribution in [0.15, 0.2) is 12.1 Å². The Morgan fingerprint density at radius 2 is 1.85 bits per heavy atom.